The first-order valence-corrected chi connectivity index (χ1v) is 4.93. The minimum atomic E-state index is -0.596. The zero-order chi connectivity index (χ0) is 12.3. The first-order chi connectivity index (χ1) is 8.22. The van der Waals surface area contributed by atoms with Crippen LogP contribution in [-0.4, -0.2) is 15.2 Å². The molecule has 0 aliphatic carbocycles. The van der Waals surface area contributed by atoms with Crippen LogP contribution in [-0.2, 0) is 0 Å². The van der Waals surface area contributed by atoms with Gasteiger partial charge in [-0.1, -0.05) is 0 Å². The fraction of sp³-hybridized carbons (Fsp3) is 0.182. The van der Waals surface area contributed by atoms with Crippen molar-refractivity contribution in [3.05, 3.63) is 41.7 Å². The van der Waals surface area contributed by atoms with Crippen LogP contribution in [0.2, 0.25) is 0 Å². The van der Waals surface area contributed by atoms with Crippen molar-refractivity contribution in [3.63, 3.8) is 0 Å². The number of halogens is 1. The Morgan fingerprint density at radius 1 is 1.59 bits per heavy atom. The van der Waals surface area contributed by atoms with Crippen molar-refractivity contribution >= 4 is 0 Å². The van der Waals surface area contributed by atoms with E-state index in [2.05, 4.69) is 15.2 Å². The third kappa shape index (κ3) is 2.23. The van der Waals surface area contributed by atoms with Gasteiger partial charge in [0.05, 0.1) is 6.20 Å². The molecule has 17 heavy (non-hydrogen) atoms. The van der Waals surface area contributed by atoms with Crippen molar-refractivity contribution in [1.29, 1.82) is 5.26 Å². The van der Waals surface area contributed by atoms with E-state index in [4.69, 9.17) is 10.00 Å². The Labute approximate surface area is 96.9 Å². The molecule has 0 radical (unpaired) electrons. The summed E-state index contributed by atoms with van der Waals surface area (Å²) in [6, 6.07) is 4.70. The van der Waals surface area contributed by atoms with Crippen LogP contribution in [0.15, 0.2) is 24.5 Å². The molecule has 0 saturated heterocycles. The highest BCUT2D eigenvalue weighted by atomic mass is 19.1. The van der Waals surface area contributed by atoms with Crippen molar-refractivity contribution in [2.45, 2.75) is 13.0 Å². The second-order valence-corrected chi connectivity index (χ2v) is 3.35. The van der Waals surface area contributed by atoms with Gasteiger partial charge in [-0.15, -0.1) is 0 Å². The smallest absolute Gasteiger partial charge is 0.178 e. The molecule has 0 aliphatic heterocycles. The van der Waals surface area contributed by atoms with E-state index in [0.717, 1.165) is 0 Å². The fourth-order valence-electron chi connectivity index (χ4n) is 1.39. The molecule has 0 saturated carbocycles. The molecule has 1 atom stereocenters. The largest absolute Gasteiger partial charge is 0.480 e. The van der Waals surface area contributed by atoms with E-state index in [1.54, 1.807) is 6.92 Å². The summed E-state index contributed by atoms with van der Waals surface area (Å²) in [4.78, 5) is 3.90. The zero-order valence-corrected chi connectivity index (χ0v) is 9.01. The van der Waals surface area contributed by atoms with Gasteiger partial charge in [0, 0.05) is 6.20 Å². The summed E-state index contributed by atoms with van der Waals surface area (Å²) in [5.41, 5.74) is 0.394. The molecule has 1 unspecified atom stereocenters. The number of pyridine rings is 1. The maximum atomic E-state index is 13.4. The standard InChI is InChI=1S/C11H9FN4O/c1-7(11-8(12)3-2-4-14-11)17-10-6-15-16-9(10)5-13/h2-4,6-7H,1H3,(H,15,16). The van der Waals surface area contributed by atoms with E-state index in [0.29, 0.717) is 0 Å². The lowest BCUT2D eigenvalue weighted by molar-refractivity contribution is 0.215. The van der Waals surface area contributed by atoms with Gasteiger partial charge < -0.3 is 4.74 Å². The molecule has 1 N–H and O–H groups in total. The molecule has 5 nitrogen and oxygen atoms in total. The average molecular weight is 232 g/mol. The number of H-pyrrole nitrogens is 1. The van der Waals surface area contributed by atoms with Crippen LogP contribution in [0, 0.1) is 17.1 Å². The first kappa shape index (κ1) is 11.1. The van der Waals surface area contributed by atoms with Gasteiger partial charge in [-0.25, -0.2) is 4.39 Å². The van der Waals surface area contributed by atoms with Gasteiger partial charge >= 0.3 is 0 Å². The number of aromatic amines is 1. The second kappa shape index (κ2) is 4.61. The normalized spacial score (nSPS) is 11.8. The summed E-state index contributed by atoms with van der Waals surface area (Å²) in [5, 5.41) is 14.9. The third-order valence-electron chi connectivity index (χ3n) is 2.19. The number of rotatable bonds is 3. The van der Waals surface area contributed by atoms with Crippen molar-refractivity contribution in [1.82, 2.24) is 15.2 Å². The Hall–Kier alpha value is -2.42. The van der Waals surface area contributed by atoms with Gasteiger partial charge in [-0.2, -0.15) is 10.4 Å². The second-order valence-electron chi connectivity index (χ2n) is 3.35. The van der Waals surface area contributed by atoms with Crippen LogP contribution in [0.4, 0.5) is 4.39 Å². The van der Waals surface area contributed by atoms with E-state index < -0.39 is 11.9 Å². The van der Waals surface area contributed by atoms with Gasteiger partial charge in [-0.05, 0) is 19.1 Å². The number of hydrogen-bond acceptors (Lipinski definition) is 4. The summed E-state index contributed by atoms with van der Waals surface area (Å²) in [6.45, 7) is 1.65. The third-order valence-corrected chi connectivity index (χ3v) is 2.19. The molecule has 0 aromatic carbocycles. The van der Waals surface area contributed by atoms with Crippen LogP contribution < -0.4 is 4.74 Å². The maximum absolute atomic E-state index is 13.4. The Morgan fingerprint density at radius 3 is 3.12 bits per heavy atom. The van der Waals surface area contributed by atoms with E-state index in [-0.39, 0.29) is 17.1 Å². The highest BCUT2D eigenvalue weighted by Gasteiger charge is 2.16. The van der Waals surface area contributed by atoms with Crippen molar-refractivity contribution in [2.75, 3.05) is 0 Å². The average Bonchev–Trinajstić information content (AvgIpc) is 2.76. The van der Waals surface area contributed by atoms with Gasteiger partial charge in [0.2, 0.25) is 0 Å². The molecule has 0 amide bonds. The zero-order valence-electron chi connectivity index (χ0n) is 9.01. The Bertz CT molecular complexity index is 561. The lowest BCUT2D eigenvalue weighted by Gasteiger charge is -2.13. The van der Waals surface area contributed by atoms with Crippen molar-refractivity contribution in [2.24, 2.45) is 0 Å². The molecule has 6 heteroatoms. The summed E-state index contributed by atoms with van der Waals surface area (Å²) in [5.74, 6) is -0.160. The van der Waals surface area contributed by atoms with E-state index in [1.165, 1.54) is 24.5 Å². The number of ether oxygens (including phenoxy) is 1. The van der Waals surface area contributed by atoms with E-state index in [1.807, 2.05) is 6.07 Å². The number of nitriles is 1. The van der Waals surface area contributed by atoms with Gasteiger partial charge in [0.1, 0.15) is 23.7 Å². The minimum absolute atomic E-state index is 0.192. The summed E-state index contributed by atoms with van der Waals surface area (Å²) in [6.07, 6.45) is 2.26. The van der Waals surface area contributed by atoms with Crippen LogP contribution in [0.5, 0.6) is 5.75 Å². The maximum Gasteiger partial charge on any atom is 0.178 e. The molecule has 0 spiro atoms. The molecule has 0 fully saturated rings. The Morgan fingerprint density at radius 2 is 2.41 bits per heavy atom. The highest BCUT2D eigenvalue weighted by molar-refractivity contribution is 5.35. The lowest BCUT2D eigenvalue weighted by atomic mass is 10.2. The number of nitrogens with one attached hydrogen (secondary N) is 1. The molecule has 2 rings (SSSR count). The van der Waals surface area contributed by atoms with Gasteiger partial charge in [-0.3, -0.25) is 10.1 Å². The molecule has 2 aromatic rings. The van der Waals surface area contributed by atoms with Crippen LogP contribution in [0.3, 0.4) is 0 Å². The van der Waals surface area contributed by atoms with Crippen LogP contribution in [0.1, 0.15) is 24.4 Å². The van der Waals surface area contributed by atoms with Crippen molar-refractivity contribution < 1.29 is 9.13 Å². The Kier molecular flexibility index (Phi) is 3.01. The number of aromatic nitrogens is 3. The van der Waals surface area contributed by atoms with Crippen molar-refractivity contribution in [3.8, 4) is 11.8 Å². The predicted octanol–water partition coefficient (Wildman–Crippen LogP) is 1.96. The topological polar surface area (TPSA) is 74.6 Å². The Balaban J connectivity index is 2.21. The summed E-state index contributed by atoms with van der Waals surface area (Å²) >= 11 is 0. The molecule has 86 valence electrons. The molecular weight excluding hydrogens is 223 g/mol. The number of hydrogen-bond donors (Lipinski definition) is 1. The lowest BCUT2D eigenvalue weighted by Crippen LogP contribution is -2.08. The monoisotopic (exact) mass is 232 g/mol. The molecular formula is C11H9FN4O. The quantitative estimate of drug-likeness (QED) is 0.877. The fourth-order valence-corrected chi connectivity index (χ4v) is 1.39. The molecule has 0 bridgehead atoms. The van der Waals surface area contributed by atoms with Gasteiger partial charge in [0.15, 0.2) is 11.4 Å². The number of nitrogens with zero attached hydrogens (tertiary/aromatic N) is 3. The highest BCUT2D eigenvalue weighted by Crippen LogP contribution is 2.23. The molecule has 2 aromatic heterocycles. The first-order valence-electron chi connectivity index (χ1n) is 4.93. The van der Waals surface area contributed by atoms with Gasteiger partial charge in [0.25, 0.3) is 0 Å². The minimum Gasteiger partial charge on any atom is -0.480 e. The van der Waals surface area contributed by atoms with Crippen LogP contribution >= 0.6 is 0 Å². The predicted molar refractivity (Wildman–Crippen MR) is 56.5 cm³/mol. The van der Waals surface area contributed by atoms with E-state index in [9.17, 15) is 4.39 Å². The molecule has 2 heterocycles. The van der Waals surface area contributed by atoms with E-state index >= 15 is 0 Å². The summed E-state index contributed by atoms with van der Waals surface area (Å²) < 4.78 is 18.8. The summed E-state index contributed by atoms with van der Waals surface area (Å²) in [7, 11) is 0. The van der Waals surface area contributed by atoms with Crippen LogP contribution in [0.25, 0.3) is 0 Å². The molecule has 0 aliphatic rings. The SMILES string of the molecule is CC(Oc1cn[nH]c1C#N)c1ncccc1F.